The number of aromatic nitrogens is 2. The number of halogens is 3. The van der Waals surface area contributed by atoms with Gasteiger partial charge in [-0.1, -0.05) is 24.3 Å². The molecule has 5 nitrogen and oxygen atoms in total. The second-order valence-corrected chi connectivity index (χ2v) is 6.92. The van der Waals surface area contributed by atoms with Crippen molar-refractivity contribution in [1.29, 1.82) is 0 Å². The number of imidazole rings is 1. The van der Waals surface area contributed by atoms with E-state index in [-0.39, 0.29) is 18.7 Å². The van der Waals surface area contributed by atoms with Crippen LogP contribution in [0.4, 0.5) is 13.2 Å². The van der Waals surface area contributed by atoms with E-state index in [9.17, 15) is 18.0 Å². The molecule has 0 atom stereocenters. The van der Waals surface area contributed by atoms with Crippen LogP contribution < -0.4 is 4.74 Å². The molecular weight excluding hydrogens is 409 g/mol. The molecule has 31 heavy (non-hydrogen) atoms. The number of hydrogen-bond acceptors (Lipinski definition) is 3. The Morgan fingerprint density at radius 2 is 1.74 bits per heavy atom. The Kier molecular flexibility index (Phi) is 5.37. The lowest BCUT2D eigenvalue weighted by Gasteiger charge is -2.13. The number of para-hydroxylation sites is 2. The Morgan fingerprint density at radius 3 is 2.45 bits per heavy atom. The largest absolute Gasteiger partial charge is 0.486 e. The van der Waals surface area contributed by atoms with Gasteiger partial charge in [0.1, 0.15) is 18.2 Å². The predicted molar refractivity (Wildman–Crippen MR) is 108 cm³/mol. The summed E-state index contributed by atoms with van der Waals surface area (Å²) in [5.41, 5.74) is 1.41. The fourth-order valence-electron chi connectivity index (χ4n) is 3.28. The zero-order chi connectivity index (χ0) is 22.0. The fraction of sp³-hybridized carbons (Fsp3) is 0.130. The Hall–Kier alpha value is -3.81. The highest BCUT2D eigenvalue weighted by molar-refractivity contribution is 5.87. The average Bonchev–Trinajstić information content (AvgIpc) is 3.09. The number of alkyl halides is 3. The van der Waals surface area contributed by atoms with E-state index in [1.165, 1.54) is 18.2 Å². The molecule has 0 aliphatic carbocycles. The Morgan fingerprint density at radius 1 is 1.00 bits per heavy atom. The van der Waals surface area contributed by atoms with Gasteiger partial charge in [-0.3, -0.25) is 0 Å². The van der Waals surface area contributed by atoms with Crippen molar-refractivity contribution in [3.05, 3.63) is 95.3 Å². The van der Waals surface area contributed by atoms with Gasteiger partial charge in [-0.2, -0.15) is 13.2 Å². The number of ether oxygens (including phenoxy) is 1. The molecule has 1 N–H and O–H groups in total. The standard InChI is InChI=1S/C23H17F3N2O3/c24-23(25,26)17-5-3-4-15(12-17)13-28-20-7-2-1-6-19(20)27-21(28)14-31-18-10-8-16(9-11-18)22(29)30/h1-12H,13-14H2,(H,29,30). The van der Waals surface area contributed by atoms with E-state index in [4.69, 9.17) is 9.84 Å². The minimum Gasteiger partial charge on any atom is -0.486 e. The van der Waals surface area contributed by atoms with Crippen molar-refractivity contribution in [1.82, 2.24) is 9.55 Å². The van der Waals surface area contributed by atoms with Gasteiger partial charge in [0.2, 0.25) is 0 Å². The zero-order valence-electron chi connectivity index (χ0n) is 16.1. The number of hydrogen-bond donors (Lipinski definition) is 1. The number of nitrogens with zero attached hydrogens (tertiary/aromatic N) is 2. The lowest BCUT2D eigenvalue weighted by molar-refractivity contribution is -0.137. The summed E-state index contributed by atoms with van der Waals surface area (Å²) in [4.78, 5) is 15.5. The summed E-state index contributed by atoms with van der Waals surface area (Å²) in [7, 11) is 0. The Bertz CT molecular complexity index is 1230. The van der Waals surface area contributed by atoms with Crippen LogP contribution in [0.2, 0.25) is 0 Å². The number of carboxylic acids is 1. The number of benzene rings is 3. The van der Waals surface area contributed by atoms with E-state index < -0.39 is 17.7 Å². The van der Waals surface area contributed by atoms with Crippen molar-refractivity contribution in [2.24, 2.45) is 0 Å². The van der Waals surface area contributed by atoms with Crippen molar-refractivity contribution in [3.63, 3.8) is 0 Å². The lowest BCUT2D eigenvalue weighted by atomic mass is 10.1. The molecule has 0 spiro atoms. The first-order valence-electron chi connectivity index (χ1n) is 9.38. The van der Waals surface area contributed by atoms with Gasteiger partial charge in [-0.25, -0.2) is 9.78 Å². The molecule has 0 fully saturated rings. The molecule has 0 radical (unpaired) electrons. The van der Waals surface area contributed by atoms with Crippen LogP contribution in [0.25, 0.3) is 11.0 Å². The van der Waals surface area contributed by atoms with E-state index in [0.29, 0.717) is 22.7 Å². The summed E-state index contributed by atoms with van der Waals surface area (Å²) < 4.78 is 46.8. The molecule has 1 heterocycles. The second kappa shape index (κ2) is 8.14. The molecule has 0 saturated heterocycles. The second-order valence-electron chi connectivity index (χ2n) is 6.92. The van der Waals surface area contributed by atoms with Crippen LogP contribution in [-0.4, -0.2) is 20.6 Å². The van der Waals surface area contributed by atoms with E-state index in [0.717, 1.165) is 17.6 Å². The Balaban J connectivity index is 1.62. The van der Waals surface area contributed by atoms with Gasteiger partial charge in [0.05, 0.1) is 22.2 Å². The van der Waals surface area contributed by atoms with E-state index in [2.05, 4.69) is 4.98 Å². The topological polar surface area (TPSA) is 64.3 Å². The molecule has 4 rings (SSSR count). The number of aromatic carboxylic acids is 1. The summed E-state index contributed by atoms with van der Waals surface area (Å²) in [6, 6.07) is 18.5. The zero-order valence-corrected chi connectivity index (χ0v) is 16.1. The molecular formula is C23H17F3N2O3. The van der Waals surface area contributed by atoms with Crippen molar-refractivity contribution < 1.29 is 27.8 Å². The maximum absolute atomic E-state index is 13.1. The Labute approximate surface area is 175 Å². The van der Waals surface area contributed by atoms with Crippen LogP contribution in [0.3, 0.4) is 0 Å². The van der Waals surface area contributed by atoms with Crippen LogP contribution in [0.15, 0.2) is 72.8 Å². The third kappa shape index (κ3) is 4.53. The van der Waals surface area contributed by atoms with Gasteiger partial charge in [0.25, 0.3) is 0 Å². The van der Waals surface area contributed by atoms with Gasteiger partial charge < -0.3 is 14.4 Å². The van der Waals surface area contributed by atoms with E-state index >= 15 is 0 Å². The summed E-state index contributed by atoms with van der Waals surface area (Å²) in [5.74, 6) is -0.0296. The summed E-state index contributed by atoms with van der Waals surface area (Å²) in [6.45, 7) is 0.265. The summed E-state index contributed by atoms with van der Waals surface area (Å²) in [5, 5.41) is 8.99. The normalized spacial score (nSPS) is 11.6. The molecule has 4 aromatic rings. The summed E-state index contributed by atoms with van der Waals surface area (Å²) >= 11 is 0. The number of rotatable bonds is 6. The number of fused-ring (bicyclic) bond motifs is 1. The van der Waals surface area contributed by atoms with Crippen LogP contribution in [0.5, 0.6) is 5.75 Å². The first-order chi connectivity index (χ1) is 14.8. The quantitative estimate of drug-likeness (QED) is 0.450. The van der Waals surface area contributed by atoms with Gasteiger partial charge >= 0.3 is 12.1 Å². The molecule has 0 bridgehead atoms. The first-order valence-corrected chi connectivity index (χ1v) is 9.38. The minimum absolute atomic E-state index is 0.0695. The molecule has 0 saturated carbocycles. The van der Waals surface area contributed by atoms with Gasteiger partial charge in [0, 0.05) is 6.54 Å². The minimum atomic E-state index is -4.42. The molecule has 3 aromatic carbocycles. The highest BCUT2D eigenvalue weighted by atomic mass is 19.4. The molecule has 0 aliphatic rings. The molecule has 8 heteroatoms. The van der Waals surface area contributed by atoms with Gasteiger partial charge in [-0.15, -0.1) is 0 Å². The highest BCUT2D eigenvalue weighted by Gasteiger charge is 2.30. The van der Waals surface area contributed by atoms with Crippen LogP contribution in [-0.2, 0) is 19.3 Å². The summed E-state index contributed by atoms with van der Waals surface area (Å²) in [6.07, 6.45) is -4.42. The van der Waals surface area contributed by atoms with Crippen molar-refractivity contribution in [2.75, 3.05) is 0 Å². The fourth-order valence-corrected chi connectivity index (χ4v) is 3.28. The van der Waals surface area contributed by atoms with Crippen molar-refractivity contribution in [2.45, 2.75) is 19.3 Å². The predicted octanol–water partition coefficient (Wildman–Crippen LogP) is 5.38. The van der Waals surface area contributed by atoms with Crippen molar-refractivity contribution in [3.8, 4) is 5.75 Å². The average molecular weight is 426 g/mol. The van der Waals surface area contributed by atoms with E-state index in [1.54, 1.807) is 18.2 Å². The first kappa shape index (κ1) is 20.5. The van der Waals surface area contributed by atoms with Gasteiger partial charge in [-0.05, 0) is 54.1 Å². The monoisotopic (exact) mass is 426 g/mol. The highest BCUT2D eigenvalue weighted by Crippen LogP contribution is 2.30. The molecule has 0 aliphatic heterocycles. The maximum atomic E-state index is 13.1. The SMILES string of the molecule is O=C(O)c1ccc(OCc2nc3ccccc3n2Cc2cccc(C(F)(F)F)c2)cc1. The molecule has 158 valence electrons. The number of carbonyl (C=O) groups is 1. The van der Waals surface area contributed by atoms with Crippen LogP contribution in [0, 0.1) is 0 Å². The number of carboxylic acid groups (broad SMARTS) is 1. The van der Waals surface area contributed by atoms with Crippen LogP contribution >= 0.6 is 0 Å². The smallest absolute Gasteiger partial charge is 0.416 e. The van der Waals surface area contributed by atoms with E-state index in [1.807, 2.05) is 28.8 Å². The lowest BCUT2D eigenvalue weighted by Crippen LogP contribution is -2.10. The van der Waals surface area contributed by atoms with Crippen molar-refractivity contribution >= 4 is 17.0 Å². The third-order valence-electron chi connectivity index (χ3n) is 4.80. The molecule has 1 aromatic heterocycles. The molecule has 0 amide bonds. The van der Waals surface area contributed by atoms with Gasteiger partial charge in [0.15, 0.2) is 0 Å². The third-order valence-corrected chi connectivity index (χ3v) is 4.80. The van der Waals surface area contributed by atoms with Crippen LogP contribution in [0.1, 0.15) is 27.3 Å². The molecule has 0 unspecified atom stereocenters. The maximum Gasteiger partial charge on any atom is 0.416 e.